The smallest absolute Gasteiger partial charge is 0.131 e. The zero-order chi connectivity index (χ0) is 10.7. The van der Waals surface area contributed by atoms with Crippen LogP contribution in [0.25, 0.3) is 0 Å². The highest BCUT2D eigenvalue weighted by molar-refractivity contribution is 5.21. The number of likely N-dealkylation sites (N-methyl/N-ethyl adjacent to an activating group) is 1. The van der Waals surface area contributed by atoms with Gasteiger partial charge in [-0.1, -0.05) is 6.07 Å². The van der Waals surface area contributed by atoms with Crippen molar-refractivity contribution in [3.8, 4) is 0 Å². The fourth-order valence-corrected chi connectivity index (χ4v) is 1.22. The van der Waals surface area contributed by atoms with Crippen molar-refractivity contribution in [1.29, 1.82) is 0 Å². The predicted octanol–water partition coefficient (Wildman–Crippen LogP) is 1.56. The minimum Gasteiger partial charge on any atom is -0.387 e. The van der Waals surface area contributed by atoms with Crippen molar-refractivity contribution in [2.24, 2.45) is 0 Å². The molecule has 0 fully saturated rings. The maximum atomic E-state index is 13.1. The number of nitrogens with zero attached hydrogens (tertiary/aromatic N) is 1. The molecule has 0 saturated carbocycles. The minimum absolute atomic E-state index is 0.125. The first kappa shape index (κ1) is 11.1. The van der Waals surface area contributed by atoms with Crippen LogP contribution < -0.4 is 0 Å². The summed E-state index contributed by atoms with van der Waals surface area (Å²) in [5.74, 6) is -1.34. The van der Waals surface area contributed by atoms with Crippen LogP contribution in [-0.2, 0) is 0 Å². The van der Waals surface area contributed by atoms with Crippen molar-refractivity contribution in [2.75, 3.05) is 20.6 Å². The summed E-state index contributed by atoms with van der Waals surface area (Å²) in [7, 11) is 3.54. The van der Waals surface area contributed by atoms with Gasteiger partial charge in [-0.3, -0.25) is 0 Å². The average molecular weight is 201 g/mol. The summed E-state index contributed by atoms with van der Waals surface area (Å²) in [4.78, 5) is 1.73. The van der Waals surface area contributed by atoms with Crippen molar-refractivity contribution >= 4 is 0 Å². The fraction of sp³-hybridized carbons (Fsp3) is 0.400. The molecule has 78 valence electrons. The molecule has 0 saturated heterocycles. The van der Waals surface area contributed by atoms with Gasteiger partial charge in [-0.2, -0.15) is 0 Å². The monoisotopic (exact) mass is 201 g/mol. The lowest BCUT2D eigenvalue weighted by molar-refractivity contribution is 0.134. The molecule has 1 atom stereocenters. The molecule has 0 aromatic heterocycles. The highest BCUT2D eigenvalue weighted by Gasteiger charge is 2.13. The Morgan fingerprint density at radius 2 is 2.00 bits per heavy atom. The number of aliphatic hydroxyl groups is 1. The van der Waals surface area contributed by atoms with E-state index >= 15 is 0 Å². The third-order valence-corrected chi connectivity index (χ3v) is 1.86. The predicted molar refractivity (Wildman–Crippen MR) is 49.9 cm³/mol. The maximum Gasteiger partial charge on any atom is 0.131 e. The van der Waals surface area contributed by atoms with E-state index < -0.39 is 17.7 Å². The Kier molecular flexibility index (Phi) is 3.55. The molecular formula is C10H13F2NO. The van der Waals surface area contributed by atoms with E-state index in [-0.39, 0.29) is 5.56 Å². The summed E-state index contributed by atoms with van der Waals surface area (Å²) in [6.45, 7) is 0.308. The number of hydrogen-bond acceptors (Lipinski definition) is 2. The molecule has 0 heterocycles. The van der Waals surface area contributed by atoms with Crippen LogP contribution in [0.4, 0.5) is 8.78 Å². The van der Waals surface area contributed by atoms with E-state index in [9.17, 15) is 13.9 Å². The molecule has 0 bridgehead atoms. The summed E-state index contributed by atoms with van der Waals surface area (Å²) < 4.78 is 25.7. The van der Waals surface area contributed by atoms with Crippen molar-refractivity contribution < 1.29 is 13.9 Å². The Bertz CT molecular complexity index is 315. The quantitative estimate of drug-likeness (QED) is 0.802. The molecule has 0 aliphatic heterocycles. The van der Waals surface area contributed by atoms with Crippen molar-refractivity contribution in [3.05, 3.63) is 35.4 Å². The van der Waals surface area contributed by atoms with E-state index in [4.69, 9.17) is 0 Å². The maximum absolute atomic E-state index is 13.1. The Labute approximate surface area is 81.8 Å². The lowest BCUT2D eigenvalue weighted by atomic mass is 10.1. The summed E-state index contributed by atoms with van der Waals surface area (Å²) in [6, 6.07) is 3.17. The number of aliphatic hydroxyl groups excluding tert-OH is 1. The van der Waals surface area contributed by atoms with Gasteiger partial charge in [0.2, 0.25) is 0 Å². The average Bonchev–Trinajstić information content (AvgIpc) is 2.01. The molecule has 2 nitrogen and oxygen atoms in total. The first-order valence-corrected chi connectivity index (χ1v) is 4.28. The van der Waals surface area contributed by atoms with E-state index in [1.54, 1.807) is 19.0 Å². The fourth-order valence-electron chi connectivity index (χ4n) is 1.22. The van der Waals surface area contributed by atoms with Gasteiger partial charge in [-0.15, -0.1) is 0 Å². The van der Waals surface area contributed by atoms with Gasteiger partial charge < -0.3 is 10.0 Å². The van der Waals surface area contributed by atoms with Gasteiger partial charge in [0, 0.05) is 18.2 Å². The number of hydrogen-bond donors (Lipinski definition) is 1. The number of benzene rings is 1. The Morgan fingerprint density at radius 3 is 2.50 bits per heavy atom. The van der Waals surface area contributed by atoms with Crippen LogP contribution in [0.2, 0.25) is 0 Å². The van der Waals surface area contributed by atoms with E-state index in [2.05, 4.69) is 0 Å². The Balaban J connectivity index is 2.84. The van der Waals surface area contributed by atoms with Crippen molar-refractivity contribution in [3.63, 3.8) is 0 Å². The molecule has 1 rings (SSSR count). The van der Waals surface area contributed by atoms with Gasteiger partial charge in [0.05, 0.1) is 6.10 Å². The second kappa shape index (κ2) is 4.48. The standard InChI is InChI=1S/C10H13F2NO/c1-13(2)6-10(14)8-4-3-7(11)5-9(8)12/h3-5,10,14H,6H2,1-2H3. The molecule has 1 aromatic rings. The van der Waals surface area contributed by atoms with E-state index in [0.29, 0.717) is 6.54 Å². The van der Waals surface area contributed by atoms with Crippen LogP contribution in [0.3, 0.4) is 0 Å². The van der Waals surface area contributed by atoms with E-state index in [1.165, 1.54) is 6.07 Å². The lowest BCUT2D eigenvalue weighted by Crippen LogP contribution is -2.20. The van der Waals surface area contributed by atoms with E-state index in [0.717, 1.165) is 12.1 Å². The summed E-state index contributed by atoms with van der Waals surface area (Å²) in [5.41, 5.74) is 0.125. The van der Waals surface area contributed by atoms with E-state index in [1.807, 2.05) is 0 Å². The third-order valence-electron chi connectivity index (χ3n) is 1.86. The van der Waals surface area contributed by atoms with Crippen molar-refractivity contribution in [2.45, 2.75) is 6.10 Å². The molecule has 14 heavy (non-hydrogen) atoms. The largest absolute Gasteiger partial charge is 0.387 e. The zero-order valence-corrected chi connectivity index (χ0v) is 8.17. The SMILES string of the molecule is CN(C)CC(O)c1ccc(F)cc1F. The summed E-state index contributed by atoms with van der Waals surface area (Å²) in [5, 5.41) is 9.56. The summed E-state index contributed by atoms with van der Waals surface area (Å²) in [6.07, 6.45) is -0.925. The number of halogens is 2. The second-order valence-corrected chi connectivity index (χ2v) is 3.44. The zero-order valence-electron chi connectivity index (χ0n) is 8.17. The second-order valence-electron chi connectivity index (χ2n) is 3.44. The molecule has 0 amide bonds. The van der Waals surface area contributed by atoms with Crippen LogP contribution in [0.15, 0.2) is 18.2 Å². The van der Waals surface area contributed by atoms with Gasteiger partial charge >= 0.3 is 0 Å². The highest BCUT2D eigenvalue weighted by atomic mass is 19.1. The Hall–Kier alpha value is -1.00. The van der Waals surface area contributed by atoms with Crippen LogP contribution in [0.1, 0.15) is 11.7 Å². The molecule has 1 unspecified atom stereocenters. The Morgan fingerprint density at radius 1 is 1.36 bits per heavy atom. The highest BCUT2D eigenvalue weighted by Crippen LogP contribution is 2.18. The van der Waals surface area contributed by atoms with Crippen LogP contribution in [0, 0.1) is 11.6 Å². The topological polar surface area (TPSA) is 23.5 Å². The molecule has 4 heteroatoms. The lowest BCUT2D eigenvalue weighted by Gasteiger charge is -2.16. The van der Waals surface area contributed by atoms with Crippen LogP contribution >= 0.6 is 0 Å². The van der Waals surface area contributed by atoms with Gasteiger partial charge in [0.25, 0.3) is 0 Å². The first-order valence-electron chi connectivity index (χ1n) is 4.28. The van der Waals surface area contributed by atoms with Crippen molar-refractivity contribution in [1.82, 2.24) is 4.90 Å². The molecule has 0 aliphatic carbocycles. The third kappa shape index (κ3) is 2.75. The van der Waals surface area contributed by atoms with Gasteiger partial charge in [-0.05, 0) is 20.2 Å². The number of rotatable bonds is 3. The van der Waals surface area contributed by atoms with Gasteiger partial charge in [0.1, 0.15) is 11.6 Å². The van der Waals surface area contributed by atoms with Crippen LogP contribution in [0.5, 0.6) is 0 Å². The summed E-state index contributed by atoms with van der Waals surface area (Å²) >= 11 is 0. The molecule has 1 aromatic carbocycles. The molecule has 0 spiro atoms. The molecule has 0 radical (unpaired) electrons. The molecule has 0 aliphatic rings. The van der Waals surface area contributed by atoms with Gasteiger partial charge in [-0.25, -0.2) is 8.78 Å². The van der Waals surface area contributed by atoms with Crippen LogP contribution in [-0.4, -0.2) is 30.6 Å². The first-order chi connectivity index (χ1) is 6.50. The normalized spacial score (nSPS) is 13.3. The minimum atomic E-state index is -0.925. The van der Waals surface area contributed by atoms with Gasteiger partial charge in [0.15, 0.2) is 0 Å². The molecule has 1 N–H and O–H groups in total. The molecular weight excluding hydrogens is 188 g/mol.